The van der Waals surface area contributed by atoms with E-state index in [0.29, 0.717) is 9.90 Å². The predicted octanol–water partition coefficient (Wildman–Crippen LogP) is 2.93. The first-order valence-electron chi connectivity index (χ1n) is 6.31. The highest BCUT2D eigenvalue weighted by molar-refractivity contribution is 7.91. The summed E-state index contributed by atoms with van der Waals surface area (Å²) in [5.74, 6) is 0. The first-order chi connectivity index (χ1) is 9.43. The van der Waals surface area contributed by atoms with Gasteiger partial charge in [0, 0.05) is 18.3 Å². The van der Waals surface area contributed by atoms with Crippen molar-refractivity contribution in [2.45, 2.75) is 30.6 Å². The highest BCUT2D eigenvalue weighted by Crippen LogP contribution is 2.25. The van der Waals surface area contributed by atoms with Crippen molar-refractivity contribution < 1.29 is 8.42 Å². The number of benzene rings is 1. The summed E-state index contributed by atoms with van der Waals surface area (Å²) < 4.78 is 27.1. The van der Waals surface area contributed by atoms with Crippen LogP contribution in [0.25, 0.3) is 0 Å². The molecule has 2 rings (SSSR count). The van der Waals surface area contributed by atoms with Crippen molar-refractivity contribution >= 4 is 27.0 Å². The molecule has 0 aliphatic carbocycles. The second-order valence-electron chi connectivity index (χ2n) is 4.77. The largest absolute Gasteiger partial charge is 0.398 e. The number of hydrogen-bond donors (Lipinski definition) is 1. The van der Waals surface area contributed by atoms with E-state index in [0.717, 1.165) is 5.56 Å². The topological polar surface area (TPSA) is 63.4 Å². The van der Waals surface area contributed by atoms with E-state index in [1.807, 2.05) is 32.0 Å². The lowest BCUT2D eigenvalue weighted by atomic mass is 10.2. The van der Waals surface area contributed by atoms with Gasteiger partial charge in [-0.15, -0.1) is 11.3 Å². The molecule has 0 saturated carbocycles. The third-order valence-electron chi connectivity index (χ3n) is 3.02. The molecule has 0 atom stereocenters. The van der Waals surface area contributed by atoms with Crippen molar-refractivity contribution in [3.05, 3.63) is 47.3 Å². The second kappa shape index (κ2) is 5.95. The van der Waals surface area contributed by atoms with E-state index in [9.17, 15) is 8.42 Å². The standard InChI is InChI=1S/C14H18N2O2S2/c1-11(2)16(10-12-6-3-4-7-13(12)15)20(17,18)14-8-5-9-19-14/h3-9,11H,10,15H2,1-2H3. The Morgan fingerprint density at radius 3 is 2.45 bits per heavy atom. The lowest BCUT2D eigenvalue weighted by Gasteiger charge is -2.25. The van der Waals surface area contributed by atoms with Crippen LogP contribution in [-0.4, -0.2) is 18.8 Å². The Balaban J connectivity index is 2.36. The molecule has 2 aromatic rings. The predicted molar refractivity (Wildman–Crippen MR) is 83.0 cm³/mol. The number of nitrogens with zero attached hydrogens (tertiary/aromatic N) is 1. The lowest BCUT2D eigenvalue weighted by molar-refractivity contribution is 0.349. The van der Waals surface area contributed by atoms with E-state index >= 15 is 0 Å². The Labute approximate surface area is 123 Å². The average Bonchev–Trinajstić information content (AvgIpc) is 2.91. The maximum atomic E-state index is 12.6. The summed E-state index contributed by atoms with van der Waals surface area (Å²) in [4.78, 5) is 0. The van der Waals surface area contributed by atoms with E-state index in [2.05, 4.69) is 0 Å². The normalized spacial score (nSPS) is 12.2. The van der Waals surface area contributed by atoms with Crippen molar-refractivity contribution in [1.82, 2.24) is 4.31 Å². The zero-order valence-electron chi connectivity index (χ0n) is 11.5. The number of anilines is 1. The van der Waals surface area contributed by atoms with Crippen LogP contribution in [0.1, 0.15) is 19.4 Å². The summed E-state index contributed by atoms with van der Waals surface area (Å²) in [7, 11) is -3.48. The molecule has 1 heterocycles. The Bertz CT molecular complexity index is 664. The summed E-state index contributed by atoms with van der Waals surface area (Å²) in [6.45, 7) is 4.01. The van der Waals surface area contributed by atoms with Crippen LogP contribution in [0.2, 0.25) is 0 Å². The highest BCUT2D eigenvalue weighted by Gasteiger charge is 2.28. The number of para-hydroxylation sites is 1. The fraction of sp³-hybridized carbons (Fsp3) is 0.286. The Kier molecular flexibility index (Phi) is 4.47. The maximum absolute atomic E-state index is 12.6. The molecule has 4 nitrogen and oxygen atoms in total. The number of thiophene rings is 1. The molecule has 0 saturated heterocycles. The molecule has 1 aromatic heterocycles. The molecular formula is C14H18N2O2S2. The molecule has 1 aromatic carbocycles. The molecule has 0 fully saturated rings. The molecule has 0 radical (unpaired) electrons. The third kappa shape index (κ3) is 3.03. The van der Waals surface area contributed by atoms with Gasteiger partial charge in [-0.2, -0.15) is 4.31 Å². The highest BCUT2D eigenvalue weighted by atomic mass is 32.2. The van der Waals surface area contributed by atoms with E-state index in [1.54, 1.807) is 23.6 Å². The molecule has 0 amide bonds. The van der Waals surface area contributed by atoms with Gasteiger partial charge in [0.1, 0.15) is 4.21 Å². The van der Waals surface area contributed by atoms with E-state index in [1.165, 1.54) is 15.6 Å². The van der Waals surface area contributed by atoms with Gasteiger partial charge in [0.05, 0.1) is 0 Å². The summed E-state index contributed by atoms with van der Waals surface area (Å²) in [6.07, 6.45) is 0. The first kappa shape index (κ1) is 15.0. The molecule has 0 aliphatic heterocycles. The quantitative estimate of drug-likeness (QED) is 0.864. The monoisotopic (exact) mass is 310 g/mol. The summed E-state index contributed by atoms with van der Waals surface area (Å²) >= 11 is 1.23. The summed E-state index contributed by atoms with van der Waals surface area (Å²) in [5, 5.41) is 1.77. The Morgan fingerprint density at radius 1 is 1.20 bits per heavy atom. The van der Waals surface area contributed by atoms with Gasteiger partial charge in [-0.1, -0.05) is 24.3 Å². The van der Waals surface area contributed by atoms with Gasteiger partial charge in [0.25, 0.3) is 10.0 Å². The van der Waals surface area contributed by atoms with Gasteiger partial charge < -0.3 is 5.73 Å². The smallest absolute Gasteiger partial charge is 0.253 e. The number of rotatable bonds is 5. The molecule has 0 spiro atoms. The van der Waals surface area contributed by atoms with E-state index < -0.39 is 10.0 Å². The summed E-state index contributed by atoms with van der Waals surface area (Å²) in [6, 6.07) is 10.6. The van der Waals surface area contributed by atoms with Crippen molar-refractivity contribution in [2.24, 2.45) is 0 Å². The lowest BCUT2D eigenvalue weighted by Crippen LogP contribution is -2.36. The molecule has 0 aliphatic rings. The molecule has 0 bridgehead atoms. The molecule has 108 valence electrons. The van der Waals surface area contributed by atoms with Crippen molar-refractivity contribution in [3.8, 4) is 0 Å². The van der Waals surface area contributed by atoms with Crippen LogP contribution < -0.4 is 5.73 Å². The fourth-order valence-electron chi connectivity index (χ4n) is 1.92. The van der Waals surface area contributed by atoms with Crippen molar-refractivity contribution in [3.63, 3.8) is 0 Å². The maximum Gasteiger partial charge on any atom is 0.253 e. The minimum absolute atomic E-state index is 0.137. The number of sulfonamides is 1. The van der Waals surface area contributed by atoms with Gasteiger partial charge in [0.15, 0.2) is 0 Å². The second-order valence-corrected chi connectivity index (χ2v) is 7.84. The summed E-state index contributed by atoms with van der Waals surface area (Å²) in [5.41, 5.74) is 7.34. The van der Waals surface area contributed by atoms with Gasteiger partial charge in [-0.05, 0) is 36.9 Å². The number of hydrogen-bond acceptors (Lipinski definition) is 4. The van der Waals surface area contributed by atoms with Gasteiger partial charge in [-0.3, -0.25) is 0 Å². The van der Waals surface area contributed by atoms with E-state index in [-0.39, 0.29) is 12.6 Å². The molecule has 20 heavy (non-hydrogen) atoms. The number of nitrogen functional groups attached to an aromatic ring is 1. The fourth-order valence-corrected chi connectivity index (χ4v) is 4.65. The van der Waals surface area contributed by atoms with E-state index in [4.69, 9.17) is 5.73 Å². The van der Waals surface area contributed by atoms with Crippen LogP contribution in [0, 0.1) is 0 Å². The third-order valence-corrected chi connectivity index (χ3v) is 6.41. The molecule has 6 heteroatoms. The van der Waals surface area contributed by atoms with Crippen molar-refractivity contribution in [1.29, 1.82) is 0 Å². The van der Waals surface area contributed by atoms with Crippen LogP contribution in [0.5, 0.6) is 0 Å². The molecule has 2 N–H and O–H groups in total. The minimum Gasteiger partial charge on any atom is -0.398 e. The Hall–Kier alpha value is -1.37. The van der Waals surface area contributed by atoms with Gasteiger partial charge in [0.2, 0.25) is 0 Å². The average molecular weight is 310 g/mol. The zero-order chi connectivity index (χ0) is 14.8. The zero-order valence-corrected chi connectivity index (χ0v) is 13.1. The van der Waals surface area contributed by atoms with Crippen LogP contribution in [-0.2, 0) is 16.6 Å². The Morgan fingerprint density at radius 2 is 1.90 bits per heavy atom. The van der Waals surface area contributed by atoms with Gasteiger partial charge >= 0.3 is 0 Å². The van der Waals surface area contributed by atoms with Crippen LogP contribution in [0.4, 0.5) is 5.69 Å². The minimum atomic E-state index is -3.48. The first-order valence-corrected chi connectivity index (χ1v) is 8.63. The SMILES string of the molecule is CC(C)N(Cc1ccccc1N)S(=O)(=O)c1cccs1. The van der Waals surface area contributed by atoms with Gasteiger partial charge in [-0.25, -0.2) is 8.42 Å². The van der Waals surface area contributed by atoms with Crippen LogP contribution >= 0.6 is 11.3 Å². The molecular weight excluding hydrogens is 292 g/mol. The van der Waals surface area contributed by atoms with Crippen LogP contribution in [0.15, 0.2) is 46.0 Å². The van der Waals surface area contributed by atoms with Crippen molar-refractivity contribution in [2.75, 3.05) is 5.73 Å². The molecule has 0 unspecified atom stereocenters. The van der Waals surface area contributed by atoms with Crippen LogP contribution in [0.3, 0.4) is 0 Å². The number of nitrogens with two attached hydrogens (primary N) is 1.